The van der Waals surface area contributed by atoms with Crippen molar-refractivity contribution in [1.29, 1.82) is 0 Å². The van der Waals surface area contributed by atoms with Crippen LogP contribution in [0.3, 0.4) is 0 Å². The lowest BCUT2D eigenvalue weighted by molar-refractivity contribution is 0.102. The van der Waals surface area contributed by atoms with Crippen molar-refractivity contribution in [2.45, 2.75) is 38.2 Å². The number of hydrogen-bond acceptors (Lipinski definition) is 4. The van der Waals surface area contributed by atoms with Gasteiger partial charge in [-0.15, -0.1) is 0 Å². The second-order valence-corrected chi connectivity index (χ2v) is 4.61. The number of nitrogens with one attached hydrogen (secondary N) is 1. The zero-order valence-corrected chi connectivity index (χ0v) is 10.6. The maximum absolute atomic E-state index is 5.58. The van der Waals surface area contributed by atoms with E-state index >= 15 is 0 Å². The molecule has 1 aromatic heterocycles. The molecule has 1 atom stereocenters. The molecular weight excluding hydrogens is 216 g/mol. The van der Waals surface area contributed by atoms with E-state index in [-0.39, 0.29) is 0 Å². The van der Waals surface area contributed by atoms with Crippen LogP contribution in [0.25, 0.3) is 0 Å². The molecule has 0 aromatic carbocycles. The van der Waals surface area contributed by atoms with Gasteiger partial charge in [0.1, 0.15) is 6.33 Å². The first kappa shape index (κ1) is 12.5. The lowest BCUT2D eigenvalue weighted by Gasteiger charge is -2.08. The Morgan fingerprint density at radius 2 is 2.47 bits per heavy atom. The van der Waals surface area contributed by atoms with Gasteiger partial charge >= 0.3 is 0 Å². The summed E-state index contributed by atoms with van der Waals surface area (Å²) in [5.74, 6) is 0.916. The highest BCUT2D eigenvalue weighted by Crippen LogP contribution is 2.16. The van der Waals surface area contributed by atoms with Crippen LogP contribution in [0, 0.1) is 0 Å². The fourth-order valence-corrected chi connectivity index (χ4v) is 2.15. The Morgan fingerprint density at radius 1 is 1.53 bits per heavy atom. The number of hydrogen-bond donors (Lipinski definition) is 1. The monoisotopic (exact) mass is 238 g/mol. The number of rotatable bonds is 7. The Bertz CT molecular complexity index is 320. The first-order valence-corrected chi connectivity index (χ1v) is 6.51. The van der Waals surface area contributed by atoms with Crippen LogP contribution in [0.4, 0.5) is 0 Å². The first-order valence-electron chi connectivity index (χ1n) is 6.51. The maximum atomic E-state index is 5.58. The van der Waals surface area contributed by atoms with Crippen LogP contribution in [0.1, 0.15) is 31.5 Å². The molecule has 1 unspecified atom stereocenters. The minimum atomic E-state index is 0.522. The fraction of sp³-hybridized carbons (Fsp3) is 0.833. The highest BCUT2D eigenvalue weighted by atomic mass is 16.5. The molecule has 1 aromatic rings. The van der Waals surface area contributed by atoms with Gasteiger partial charge in [0.25, 0.3) is 0 Å². The lowest BCUT2D eigenvalue weighted by Crippen LogP contribution is -2.20. The molecule has 0 aliphatic carbocycles. The molecule has 5 heteroatoms. The topological polar surface area (TPSA) is 52.0 Å². The second-order valence-electron chi connectivity index (χ2n) is 4.61. The van der Waals surface area contributed by atoms with Crippen molar-refractivity contribution >= 4 is 0 Å². The number of nitrogens with zero attached hydrogens (tertiary/aromatic N) is 3. The number of ether oxygens (including phenoxy) is 1. The molecular formula is C12H22N4O. The fourth-order valence-electron chi connectivity index (χ4n) is 2.15. The predicted octanol–water partition coefficient (Wildman–Crippen LogP) is 0.906. The van der Waals surface area contributed by atoms with Gasteiger partial charge in [0.05, 0.1) is 6.10 Å². The van der Waals surface area contributed by atoms with Crippen LogP contribution < -0.4 is 5.32 Å². The van der Waals surface area contributed by atoms with Gasteiger partial charge in [0.2, 0.25) is 0 Å². The third kappa shape index (κ3) is 4.44. The van der Waals surface area contributed by atoms with Crippen LogP contribution >= 0.6 is 0 Å². The zero-order chi connectivity index (χ0) is 11.9. The molecule has 0 amide bonds. The molecule has 0 bridgehead atoms. The molecule has 0 radical (unpaired) electrons. The van der Waals surface area contributed by atoms with E-state index < -0.39 is 0 Å². The first-order chi connectivity index (χ1) is 8.34. The quantitative estimate of drug-likeness (QED) is 0.717. The Morgan fingerprint density at radius 3 is 3.18 bits per heavy atom. The largest absolute Gasteiger partial charge is 0.378 e. The Hall–Kier alpha value is -0.940. The molecule has 2 heterocycles. The van der Waals surface area contributed by atoms with E-state index in [1.807, 2.05) is 7.05 Å². The normalized spacial score (nSPS) is 19.9. The Labute approximate surface area is 103 Å². The van der Waals surface area contributed by atoms with E-state index in [0.717, 1.165) is 31.9 Å². The minimum absolute atomic E-state index is 0.522. The molecule has 1 aliphatic rings. The van der Waals surface area contributed by atoms with E-state index in [1.54, 1.807) is 11.0 Å². The van der Waals surface area contributed by atoms with Gasteiger partial charge in [-0.1, -0.05) is 0 Å². The van der Waals surface area contributed by atoms with Crippen LogP contribution in [-0.2, 0) is 18.2 Å². The summed E-state index contributed by atoms with van der Waals surface area (Å²) in [6, 6.07) is 0. The van der Waals surface area contributed by atoms with Crippen LogP contribution in [0.2, 0.25) is 0 Å². The molecule has 0 saturated carbocycles. The standard InChI is InChI=1S/C12H22N4O/c1-16-10-14-12(15-16)6-8-13-7-2-4-11-5-3-9-17-11/h10-11,13H,2-9H2,1H3. The van der Waals surface area contributed by atoms with Gasteiger partial charge in [-0.2, -0.15) is 5.10 Å². The highest BCUT2D eigenvalue weighted by molar-refractivity contribution is 4.81. The van der Waals surface area contributed by atoms with Crippen molar-refractivity contribution in [3.8, 4) is 0 Å². The summed E-state index contributed by atoms with van der Waals surface area (Å²) in [6.45, 7) is 2.98. The van der Waals surface area contributed by atoms with Crippen molar-refractivity contribution in [1.82, 2.24) is 20.1 Å². The SMILES string of the molecule is Cn1cnc(CCNCCCC2CCCO2)n1. The average Bonchev–Trinajstić information content (AvgIpc) is 2.95. The third-order valence-corrected chi connectivity index (χ3v) is 3.08. The van der Waals surface area contributed by atoms with Crippen molar-refractivity contribution in [2.24, 2.45) is 7.05 Å². The number of aromatic nitrogens is 3. The summed E-state index contributed by atoms with van der Waals surface area (Å²) in [5.41, 5.74) is 0. The molecule has 17 heavy (non-hydrogen) atoms. The maximum Gasteiger partial charge on any atom is 0.151 e. The third-order valence-electron chi connectivity index (χ3n) is 3.08. The average molecular weight is 238 g/mol. The summed E-state index contributed by atoms with van der Waals surface area (Å²) in [5, 5.41) is 7.66. The molecule has 1 saturated heterocycles. The van der Waals surface area contributed by atoms with Crippen molar-refractivity contribution in [2.75, 3.05) is 19.7 Å². The Kier molecular flexibility index (Phi) is 4.94. The van der Waals surface area contributed by atoms with Crippen molar-refractivity contribution < 1.29 is 4.74 Å². The van der Waals surface area contributed by atoms with E-state index in [9.17, 15) is 0 Å². The summed E-state index contributed by atoms with van der Waals surface area (Å²) >= 11 is 0. The van der Waals surface area contributed by atoms with Gasteiger partial charge < -0.3 is 10.1 Å². The van der Waals surface area contributed by atoms with Gasteiger partial charge in [-0.05, 0) is 32.2 Å². The van der Waals surface area contributed by atoms with E-state index in [1.165, 1.54) is 25.7 Å². The summed E-state index contributed by atoms with van der Waals surface area (Å²) in [6.07, 6.45) is 8.04. The van der Waals surface area contributed by atoms with Gasteiger partial charge in [0, 0.05) is 26.6 Å². The van der Waals surface area contributed by atoms with Crippen LogP contribution in [0.15, 0.2) is 6.33 Å². The molecule has 1 aliphatic heterocycles. The molecule has 0 spiro atoms. The number of aryl methyl sites for hydroxylation is 1. The minimum Gasteiger partial charge on any atom is -0.378 e. The molecule has 2 rings (SSSR count). The summed E-state index contributed by atoms with van der Waals surface area (Å²) in [4.78, 5) is 4.19. The van der Waals surface area contributed by atoms with Gasteiger partial charge in [-0.25, -0.2) is 4.98 Å². The van der Waals surface area contributed by atoms with Crippen LogP contribution in [0.5, 0.6) is 0 Å². The summed E-state index contributed by atoms with van der Waals surface area (Å²) in [7, 11) is 1.89. The lowest BCUT2D eigenvalue weighted by atomic mass is 10.1. The highest BCUT2D eigenvalue weighted by Gasteiger charge is 2.14. The Balaban J connectivity index is 1.46. The van der Waals surface area contributed by atoms with E-state index in [0.29, 0.717) is 6.10 Å². The van der Waals surface area contributed by atoms with E-state index in [4.69, 9.17) is 4.74 Å². The molecule has 1 N–H and O–H groups in total. The van der Waals surface area contributed by atoms with Gasteiger partial charge in [0.15, 0.2) is 5.82 Å². The molecule has 5 nitrogen and oxygen atoms in total. The molecule has 1 fully saturated rings. The second kappa shape index (κ2) is 6.71. The summed E-state index contributed by atoms with van der Waals surface area (Å²) < 4.78 is 7.32. The van der Waals surface area contributed by atoms with Crippen molar-refractivity contribution in [3.05, 3.63) is 12.2 Å². The van der Waals surface area contributed by atoms with Crippen LogP contribution in [-0.4, -0.2) is 40.6 Å². The smallest absolute Gasteiger partial charge is 0.151 e. The van der Waals surface area contributed by atoms with Crippen molar-refractivity contribution in [3.63, 3.8) is 0 Å². The zero-order valence-electron chi connectivity index (χ0n) is 10.6. The van der Waals surface area contributed by atoms with Gasteiger partial charge in [-0.3, -0.25) is 4.68 Å². The molecule has 96 valence electrons. The predicted molar refractivity (Wildman–Crippen MR) is 65.8 cm³/mol. The van der Waals surface area contributed by atoms with E-state index in [2.05, 4.69) is 15.4 Å².